The van der Waals surface area contributed by atoms with Crippen molar-refractivity contribution in [2.75, 3.05) is 0 Å². The van der Waals surface area contributed by atoms with Gasteiger partial charge in [0, 0.05) is 6.04 Å². The fraction of sp³-hybridized carbons (Fsp3) is 0.312. The van der Waals surface area contributed by atoms with Gasteiger partial charge in [-0.05, 0) is 24.8 Å². The van der Waals surface area contributed by atoms with E-state index in [1.807, 2.05) is 36.4 Å². The van der Waals surface area contributed by atoms with Crippen LogP contribution in [0.25, 0.3) is 0 Å². The van der Waals surface area contributed by atoms with E-state index in [1.165, 1.54) is 0 Å². The van der Waals surface area contributed by atoms with E-state index < -0.39 is 0 Å². The molecule has 0 aromatic heterocycles. The normalized spacial score (nSPS) is 11.4. The molecule has 0 fully saturated rings. The van der Waals surface area contributed by atoms with Gasteiger partial charge in [0.2, 0.25) is 0 Å². The van der Waals surface area contributed by atoms with E-state index in [0.29, 0.717) is 0 Å². The van der Waals surface area contributed by atoms with Crippen LogP contribution in [0.1, 0.15) is 24.8 Å². The minimum atomic E-state index is -0.389. The largest absolute Gasteiger partial charge is 0.445 e. The number of amides is 1. The molecule has 1 aromatic rings. The molecule has 0 spiro atoms. The highest BCUT2D eigenvalue weighted by Gasteiger charge is 2.10. The highest BCUT2D eigenvalue weighted by Crippen LogP contribution is 2.05. The van der Waals surface area contributed by atoms with Gasteiger partial charge < -0.3 is 10.1 Å². The van der Waals surface area contributed by atoms with E-state index in [-0.39, 0.29) is 18.7 Å². The van der Waals surface area contributed by atoms with E-state index >= 15 is 0 Å². The van der Waals surface area contributed by atoms with Crippen LogP contribution in [0.5, 0.6) is 0 Å². The summed E-state index contributed by atoms with van der Waals surface area (Å²) in [6.07, 6.45) is 5.68. The molecule has 1 rings (SSSR count). The zero-order valence-electron chi connectivity index (χ0n) is 11.2. The second kappa shape index (κ2) is 8.97. The summed E-state index contributed by atoms with van der Waals surface area (Å²) < 4.78 is 5.17. The molecule has 1 amide bonds. The Hall–Kier alpha value is -2.03. The molecule has 102 valence electrons. The summed E-state index contributed by atoms with van der Waals surface area (Å²) in [5.74, 6) is 0. The molecule has 0 aliphatic rings. The third kappa shape index (κ3) is 6.46. The van der Waals surface area contributed by atoms with E-state index in [9.17, 15) is 4.79 Å². The number of ether oxygens (including phenoxy) is 1. The first-order chi connectivity index (χ1) is 9.26. The average Bonchev–Trinajstić information content (AvgIpc) is 2.44. The Morgan fingerprint density at radius 1 is 1.26 bits per heavy atom. The van der Waals surface area contributed by atoms with Crippen molar-refractivity contribution >= 4 is 6.09 Å². The van der Waals surface area contributed by atoms with Crippen LogP contribution in [-0.4, -0.2) is 12.1 Å². The second-order valence-electron chi connectivity index (χ2n) is 4.29. The lowest BCUT2D eigenvalue weighted by atomic mass is 10.1. The molecule has 0 saturated carbocycles. The van der Waals surface area contributed by atoms with Gasteiger partial charge in [-0.3, -0.25) is 0 Å². The van der Waals surface area contributed by atoms with Gasteiger partial charge in [0.15, 0.2) is 0 Å². The van der Waals surface area contributed by atoms with Crippen LogP contribution in [0, 0.1) is 0 Å². The number of alkyl carbamates (subject to hydrolysis) is 1. The molecular formula is C16H21NO2. The maximum Gasteiger partial charge on any atom is 0.407 e. The van der Waals surface area contributed by atoms with E-state index in [2.05, 4.69) is 18.5 Å². The van der Waals surface area contributed by atoms with Crippen LogP contribution in [0.3, 0.4) is 0 Å². The fourth-order valence-electron chi connectivity index (χ4n) is 1.70. The van der Waals surface area contributed by atoms with E-state index in [4.69, 9.17) is 4.74 Å². The molecule has 0 bridgehead atoms. The molecule has 0 radical (unpaired) electrons. The Morgan fingerprint density at radius 3 is 2.63 bits per heavy atom. The van der Waals surface area contributed by atoms with E-state index in [1.54, 1.807) is 6.08 Å². The van der Waals surface area contributed by atoms with Gasteiger partial charge in [0.25, 0.3) is 0 Å². The average molecular weight is 259 g/mol. The summed E-state index contributed by atoms with van der Waals surface area (Å²) in [6, 6.07) is 9.67. The smallest absolute Gasteiger partial charge is 0.407 e. The third-order valence-electron chi connectivity index (χ3n) is 2.71. The lowest BCUT2D eigenvalue weighted by Gasteiger charge is -2.16. The van der Waals surface area contributed by atoms with Gasteiger partial charge in [-0.25, -0.2) is 4.79 Å². The van der Waals surface area contributed by atoms with Crippen LogP contribution < -0.4 is 5.32 Å². The van der Waals surface area contributed by atoms with E-state index in [0.717, 1.165) is 24.8 Å². The predicted octanol–water partition coefficient (Wildman–Crippen LogP) is 3.82. The molecule has 1 unspecified atom stereocenters. The molecule has 0 saturated heterocycles. The third-order valence-corrected chi connectivity index (χ3v) is 2.71. The number of carbonyl (C=O) groups is 1. The zero-order valence-corrected chi connectivity index (χ0v) is 11.2. The van der Waals surface area contributed by atoms with Crippen molar-refractivity contribution in [3.05, 3.63) is 61.2 Å². The number of carbonyl (C=O) groups excluding carboxylic acids is 1. The van der Waals surface area contributed by atoms with Gasteiger partial charge in [-0.15, -0.1) is 13.2 Å². The minimum absolute atomic E-state index is 0.0544. The lowest BCUT2D eigenvalue weighted by molar-refractivity contribution is 0.135. The van der Waals surface area contributed by atoms with Gasteiger partial charge in [0.1, 0.15) is 6.61 Å². The molecule has 0 aliphatic heterocycles. The summed E-state index contributed by atoms with van der Waals surface area (Å²) in [7, 11) is 0. The molecule has 1 atom stereocenters. The van der Waals surface area contributed by atoms with Crippen LogP contribution in [-0.2, 0) is 11.3 Å². The monoisotopic (exact) mass is 259 g/mol. The van der Waals surface area contributed by atoms with Gasteiger partial charge in [0.05, 0.1) is 0 Å². The summed E-state index contributed by atoms with van der Waals surface area (Å²) in [4.78, 5) is 11.7. The summed E-state index contributed by atoms with van der Waals surface area (Å²) in [5, 5.41) is 2.84. The molecular weight excluding hydrogens is 238 g/mol. The quantitative estimate of drug-likeness (QED) is 0.721. The molecule has 1 N–H and O–H groups in total. The Bertz CT molecular complexity index is 400. The van der Waals surface area contributed by atoms with Crippen LogP contribution in [0.2, 0.25) is 0 Å². The number of rotatable bonds is 8. The molecule has 19 heavy (non-hydrogen) atoms. The molecule has 0 aliphatic carbocycles. The minimum Gasteiger partial charge on any atom is -0.445 e. The van der Waals surface area contributed by atoms with Crippen molar-refractivity contribution in [2.24, 2.45) is 0 Å². The van der Waals surface area contributed by atoms with Gasteiger partial charge in [-0.1, -0.05) is 42.5 Å². The maximum absolute atomic E-state index is 11.7. The number of benzene rings is 1. The highest BCUT2D eigenvalue weighted by atomic mass is 16.5. The molecule has 3 heteroatoms. The van der Waals surface area contributed by atoms with Gasteiger partial charge in [-0.2, -0.15) is 0 Å². The second-order valence-corrected chi connectivity index (χ2v) is 4.29. The van der Waals surface area contributed by atoms with Crippen molar-refractivity contribution in [3.63, 3.8) is 0 Å². The van der Waals surface area contributed by atoms with Crippen molar-refractivity contribution in [1.82, 2.24) is 5.32 Å². The lowest BCUT2D eigenvalue weighted by Crippen LogP contribution is -2.34. The zero-order chi connectivity index (χ0) is 13.9. The SMILES string of the molecule is C=CCCC(CC=C)NC(=O)OCc1ccccc1. The van der Waals surface area contributed by atoms with Crippen LogP contribution in [0.15, 0.2) is 55.6 Å². The van der Waals surface area contributed by atoms with Crippen LogP contribution in [0.4, 0.5) is 4.79 Å². The fourth-order valence-corrected chi connectivity index (χ4v) is 1.70. The Balaban J connectivity index is 2.35. The molecule has 3 nitrogen and oxygen atoms in total. The van der Waals surface area contributed by atoms with Crippen molar-refractivity contribution < 1.29 is 9.53 Å². The first-order valence-corrected chi connectivity index (χ1v) is 6.45. The van der Waals surface area contributed by atoms with Crippen molar-refractivity contribution in [2.45, 2.75) is 31.9 Å². The number of hydrogen-bond acceptors (Lipinski definition) is 2. The maximum atomic E-state index is 11.7. The van der Waals surface area contributed by atoms with Gasteiger partial charge >= 0.3 is 6.09 Å². The summed E-state index contributed by atoms with van der Waals surface area (Å²) in [6.45, 7) is 7.66. The molecule has 1 aromatic carbocycles. The molecule has 0 heterocycles. The number of hydrogen-bond donors (Lipinski definition) is 1. The summed E-state index contributed by atoms with van der Waals surface area (Å²) >= 11 is 0. The Labute approximate surface area is 115 Å². The van der Waals surface area contributed by atoms with Crippen molar-refractivity contribution in [3.8, 4) is 0 Å². The standard InChI is InChI=1S/C16H21NO2/c1-3-5-12-15(9-4-2)17-16(18)19-13-14-10-7-6-8-11-14/h3-4,6-8,10-11,15H,1-2,5,9,12-13H2,(H,17,18). The first-order valence-electron chi connectivity index (χ1n) is 6.45. The number of allylic oxidation sites excluding steroid dienone is 1. The summed E-state index contributed by atoms with van der Waals surface area (Å²) in [5.41, 5.74) is 0.976. The van der Waals surface area contributed by atoms with Crippen molar-refractivity contribution in [1.29, 1.82) is 0 Å². The topological polar surface area (TPSA) is 38.3 Å². The number of nitrogens with one attached hydrogen (secondary N) is 1. The highest BCUT2D eigenvalue weighted by molar-refractivity contribution is 5.67. The first kappa shape index (κ1) is 15.0. The van der Waals surface area contributed by atoms with Crippen LogP contribution >= 0.6 is 0 Å². The Kier molecular flexibility index (Phi) is 7.10. The predicted molar refractivity (Wildman–Crippen MR) is 77.8 cm³/mol. The Morgan fingerprint density at radius 2 is 2.00 bits per heavy atom.